The zero-order chi connectivity index (χ0) is 14.7. The summed E-state index contributed by atoms with van der Waals surface area (Å²) in [5.41, 5.74) is 10.5. The molecule has 1 aromatic heterocycles. The largest absolute Gasteiger partial charge is 0.329 e. The van der Waals surface area contributed by atoms with Crippen molar-refractivity contribution in [3.05, 3.63) is 65.5 Å². The van der Waals surface area contributed by atoms with Crippen LogP contribution < -0.4 is 5.73 Å². The average molecular weight is 281 g/mol. The number of aromatic nitrogens is 1. The number of rotatable bonds is 5. The minimum Gasteiger partial charge on any atom is -0.329 e. The molecule has 0 spiro atoms. The Hall–Kier alpha value is -1.71. The van der Waals surface area contributed by atoms with Crippen LogP contribution in [-0.4, -0.2) is 28.5 Å². The highest BCUT2D eigenvalue weighted by atomic mass is 15.2. The Morgan fingerprint density at radius 3 is 2.24 bits per heavy atom. The fourth-order valence-electron chi connectivity index (χ4n) is 3.49. The SMILES string of the molecule is CCN(Cc1ccncc1)C1(CN)Cc2ccccc2C1. The van der Waals surface area contributed by atoms with Crippen LogP contribution in [-0.2, 0) is 19.4 Å². The Labute approximate surface area is 126 Å². The first-order valence-corrected chi connectivity index (χ1v) is 7.68. The maximum atomic E-state index is 6.22. The lowest BCUT2D eigenvalue weighted by atomic mass is 9.92. The van der Waals surface area contributed by atoms with Gasteiger partial charge in [0.15, 0.2) is 0 Å². The van der Waals surface area contributed by atoms with Gasteiger partial charge in [-0.2, -0.15) is 0 Å². The lowest BCUT2D eigenvalue weighted by molar-refractivity contribution is 0.100. The van der Waals surface area contributed by atoms with Crippen molar-refractivity contribution in [2.75, 3.05) is 13.1 Å². The lowest BCUT2D eigenvalue weighted by Gasteiger charge is -2.40. The van der Waals surface area contributed by atoms with E-state index in [2.05, 4.69) is 53.2 Å². The molecule has 0 saturated carbocycles. The van der Waals surface area contributed by atoms with Crippen LogP contribution in [0.25, 0.3) is 0 Å². The summed E-state index contributed by atoms with van der Waals surface area (Å²) in [5.74, 6) is 0. The van der Waals surface area contributed by atoms with E-state index in [1.54, 1.807) is 0 Å². The number of pyridine rings is 1. The fraction of sp³-hybridized carbons (Fsp3) is 0.389. The molecule has 1 aliphatic rings. The first-order valence-electron chi connectivity index (χ1n) is 7.68. The van der Waals surface area contributed by atoms with E-state index >= 15 is 0 Å². The number of fused-ring (bicyclic) bond motifs is 1. The first kappa shape index (κ1) is 14.2. The monoisotopic (exact) mass is 281 g/mol. The molecular formula is C18H23N3. The molecular weight excluding hydrogens is 258 g/mol. The summed E-state index contributed by atoms with van der Waals surface area (Å²) in [6.07, 6.45) is 5.83. The summed E-state index contributed by atoms with van der Waals surface area (Å²) in [4.78, 5) is 6.63. The highest BCUT2D eigenvalue weighted by Gasteiger charge is 2.40. The van der Waals surface area contributed by atoms with E-state index in [0.717, 1.165) is 25.9 Å². The van der Waals surface area contributed by atoms with Gasteiger partial charge in [0.2, 0.25) is 0 Å². The highest BCUT2D eigenvalue weighted by Crippen LogP contribution is 2.34. The topological polar surface area (TPSA) is 42.2 Å². The minimum absolute atomic E-state index is 0.0572. The Balaban J connectivity index is 1.85. The quantitative estimate of drug-likeness (QED) is 0.915. The molecule has 0 aliphatic heterocycles. The average Bonchev–Trinajstić information content (AvgIpc) is 2.93. The Kier molecular flexibility index (Phi) is 4.04. The van der Waals surface area contributed by atoms with Crippen molar-refractivity contribution in [1.82, 2.24) is 9.88 Å². The Morgan fingerprint density at radius 1 is 1.10 bits per heavy atom. The van der Waals surface area contributed by atoms with Crippen molar-refractivity contribution in [3.63, 3.8) is 0 Å². The van der Waals surface area contributed by atoms with Gasteiger partial charge < -0.3 is 5.73 Å². The first-order chi connectivity index (χ1) is 10.3. The van der Waals surface area contributed by atoms with E-state index < -0.39 is 0 Å². The summed E-state index contributed by atoms with van der Waals surface area (Å²) < 4.78 is 0. The summed E-state index contributed by atoms with van der Waals surface area (Å²) in [5, 5.41) is 0. The van der Waals surface area contributed by atoms with Gasteiger partial charge in [-0.05, 0) is 48.2 Å². The molecule has 21 heavy (non-hydrogen) atoms. The van der Waals surface area contributed by atoms with Crippen LogP contribution in [0.4, 0.5) is 0 Å². The lowest BCUT2D eigenvalue weighted by Crippen LogP contribution is -2.54. The normalized spacial score (nSPS) is 16.1. The second-order valence-corrected chi connectivity index (χ2v) is 5.92. The predicted octanol–water partition coefficient (Wildman–Crippen LogP) is 2.40. The summed E-state index contributed by atoms with van der Waals surface area (Å²) in [7, 11) is 0. The van der Waals surface area contributed by atoms with Gasteiger partial charge in [-0.1, -0.05) is 31.2 Å². The second-order valence-electron chi connectivity index (χ2n) is 5.92. The maximum absolute atomic E-state index is 6.22. The molecule has 0 fully saturated rings. The third-order valence-electron chi connectivity index (χ3n) is 4.71. The van der Waals surface area contributed by atoms with Crippen LogP contribution >= 0.6 is 0 Å². The van der Waals surface area contributed by atoms with Gasteiger partial charge in [-0.25, -0.2) is 0 Å². The van der Waals surface area contributed by atoms with Crippen LogP contribution in [0.2, 0.25) is 0 Å². The predicted molar refractivity (Wildman–Crippen MR) is 86.0 cm³/mol. The zero-order valence-electron chi connectivity index (χ0n) is 12.6. The van der Waals surface area contributed by atoms with Crippen molar-refractivity contribution >= 4 is 0 Å². The van der Waals surface area contributed by atoms with Crippen LogP contribution in [0.15, 0.2) is 48.8 Å². The van der Waals surface area contributed by atoms with Crippen molar-refractivity contribution in [2.45, 2.75) is 31.8 Å². The van der Waals surface area contributed by atoms with Crippen LogP contribution in [0.1, 0.15) is 23.6 Å². The molecule has 0 bridgehead atoms. The maximum Gasteiger partial charge on any atom is 0.0415 e. The van der Waals surface area contributed by atoms with Crippen molar-refractivity contribution in [1.29, 1.82) is 0 Å². The van der Waals surface area contributed by atoms with Crippen molar-refractivity contribution in [2.24, 2.45) is 5.73 Å². The van der Waals surface area contributed by atoms with E-state index in [4.69, 9.17) is 5.73 Å². The van der Waals surface area contributed by atoms with Gasteiger partial charge in [-0.3, -0.25) is 9.88 Å². The third-order valence-corrected chi connectivity index (χ3v) is 4.71. The van der Waals surface area contributed by atoms with Crippen molar-refractivity contribution < 1.29 is 0 Å². The van der Waals surface area contributed by atoms with Crippen LogP contribution in [0.5, 0.6) is 0 Å². The molecule has 0 amide bonds. The smallest absolute Gasteiger partial charge is 0.0415 e. The van der Waals surface area contributed by atoms with Gasteiger partial charge in [0.1, 0.15) is 0 Å². The van der Waals surface area contributed by atoms with Crippen molar-refractivity contribution in [3.8, 4) is 0 Å². The molecule has 2 aromatic rings. The highest BCUT2D eigenvalue weighted by molar-refractivity contribution is 5.36. The van der Waals surface area contributed by atoms with Gasteiger partial charge >= 0.3 is 0 Å². The molecule has 1 aliphatic carbocycles. The molecule has 3 nitrogen and oxygen atoms in total. The summed E-state index contributed by atoms with van der Waals surface area (Å²) in [6, 6.07) is 12.9. The standard InChI is InChI=1S/C18H23N3/c1-2-21(13-15-7-9-20-10-8-15)18(14-19)11-16-5-3-4-6-17(16)12-18/h3-10H,2,11-14,19H2,1H3. The second kappa shape index (κ2) is 5.96. The number of hydrogen-bond acceptors (Lipinski definition) is 3. The van der Waals surface area contributed by atoms with Gasteiger partial charge in [0, 0.05) is 31.0 Å². The summed E-state index contributed by atoms with van der Waals surface area (Å²) >= 11 is 0. The third kappa shape index (κ3) is 2.71. The van der Waals surface area contributed by atoms with E-state index in [1.807, 2.05) is 12.4 Å². The molecule has 0 unspecified atom stereocenters. The number of hydrogen-bond donors (Lipinski definition) is 1. The van der Waals surface area contributed by atoms with Gasteiger partial charge in [0.05, 0.1) is 0 Å². The molecule has 0 saturated heterocycles. The molecule has 3 rings (SSSR count). The zero-order valence-corrected chi connectivity index (χ0v) is 12.6. The fourth-order valence-corrected chi connectivity index (χ4v) is 3.49. The van der Waals surface area contributed by atoms with E-state index in [0.29, 0.717) is 6.54 Å². The summed E-state index contributed by atoms with van der Waals surface area (Å²) in [6.45, 7) is 4.86. The van der Waals surface area contributed by atoms with Crippen LogP contribution in [0, 0.1) is 0 Å². The Bertz CT molecular complexity index is 569. The van der Waals surface area contributed by atoms with E-state index in [9.17, 15) is 0 Å². The molecule has 110 valence electrons. The van der Waals surface area contributed by atoms with E-state index in [1.165, 1.54) is 16.7 Å². The Morgan fingerprint density at radius 2 is 1.71 bits per heavy atom. The number of nitrogens with two attached hydrogens (primary N) is 1. The minimum atomic E-state index is 0.0572. The molecule has 1 aromatic carbocycles. The molecule has 3 heteroatoms. The van der Waals surface area contributed by atoms with Crippen LogP contribution in [0.3, 0.4) is 0 Å². The number of nitrogens with zero attached hydrogens (tertiary/aromatic N) is 2. The molecule has 0 atom stereocenters. The van der Waals surface area contributed by atoms with E-state index in [-0.39, 0.29) is 5.54 Å². The molecule has 1 heterocycles. The number of benzene rings is 1. The van der Waals surface area contributed by atoms with Gasteiger partial charge in [-0.15, -0.1) is 0 Å². The molecule has 2 N–H and O–H groups in total. The van der Waals surface area contributed by atoms with Gasteiger partial charge in [0.25, 0.3) is 0 Å². The molecule has 0 radical (unpaired) electrons. The number of likely N-dealkylation sites (N-methyl/N-ethyl adjacent to an activating group) is 1.